The van der Waals surface area contributed by atoms with Crippen LogP contribution in [-0.2, 0) is 6.18 Å². The smallest absolute Gasteiger partial charge is 0.418 e. The molecule has 1 aromatic heterocycles. The molecule has 0 spiro atoms. The lowest BCUT2D eigenvalue weighted by atomic mass is 10.1. The monoisotopic (exact) mass is 328 g/mol. The number of para-hydroxylation sites is 1. The number of benzene rings is 1. The molecular weight excluding hydrogens is 317 g/mol. The Morgan fingerprint density at radius 2 is 2.00 bits per heavy atom. The SMILES string of the molecule is CCOc1ncnc(Nc2ccccc2C(F)(F)F)c1[N+](=O)[O-]. The second-order valence-electron chi connectivity index (χ2n) is 4.23. The van der Waals surface area contributed by atoms with Crippen molar-refractivity contribution in [2.24, 2.45) is 0 Å². The minimum atomic E-state index is -4.62. The van der Waals surface area contributed by atoms with Crippen molar-refractivity contribution in [2.45, 2.75) is 13.1 Å². The molecule has 2 rings (SSSR count). The van der Waals surface area contributed by atoms with Gasteiger partial charge in [-0.3, -0.25) is 10.1 Å². The summed E-state index contributed by atoms with van der Waals surface area (Å²) in [6.07, 6.45) is -3.65. The van der Waals surface area contributed by atoms with Crippen molar-refractivity contribution in [3.8, 4) is 5.88 Å². The Labute approximate surface area is 128 Å². The van der Waals surface area contributed by atoms with Crippen molar-refractivity contribution in [3.63, 3.8) is 0 Å². The summed E-state index contributed by atoms with van der Waals surface area (Å²) in [5, 5.41) is 13.5. The molecule has 1 heterocycles. The van der Waals surface area contributed by atoms with Crippen molar-refractivity contribution in [1.29, 1.82) is 0 Å². The number of anilines is 2. The number of aromatic nitrogens is 2. The summed E-state index contributed by atoms with van der Waals surface area (Å²) in [5.41, 5.74) is -1.96. The summed E-state index contributed by atoms with van der Waals surface area (Å²) in [5.74, 6) is -0.704. The van der Waals surface area contributed by atoms with Gasteiger partial charge in [-0.1, -0.05) is 12.1 Å². The first-order valence-electron chi connectivity index (χ1n) is 6.40. The highest BCUT2D eigenvalue weighted by molar-refractivity contribution is 5.70. The van der Waals surface area contributed by atoms with Crippen LogP contribution < -0.4 is 10.1 Å². The molecular formula is C13H11F3N4O3. The lowest BCUT2D eigenvalue weighted by Gasteiger charge is -2.14. The quantitative estimate of drug-likeness (QED) is 0.667. The number of halogens is 3. The highest BCUT2D eigenvalue weighted by Crippen LogP contribution is 2.38. The van der Waals surface area contributed by atoms with Gasteiger partial charge in [-0.05, 0) is 19.1 Å². The molecule has 0 atom stereocenters. The molecule has 10 heteroatoms. The zero-order valence-electron chi connectivity index (χ0n) is 11.8. The average Bonchev–Trinajstić information content (AvgIpc) is 2.47. The number of hydrogen-bond acceptors (Lipinski definition) is 6. The summed E-state index contributed by atoms with van der Waals surface area (Å²) in [6, 6.07) is 4.59. The van der Waals surface area contributed by atoms with Gasteiger partial charge in [0, 0.05) is 0 Å². The first kappa shape index (κ1) is 16.5. The molecule has 0 radical (unpaired) electrons. The van der Waals surface area contributed by atoms with Crippen LogP contribution >= 0.6 is 0 Å². The third-order valence-electron chi connectivity index (χ3n) is 2.74. The van der Waals surface area contributed by atoms with E-state index in [4.69, 9.17) is 4.74 Å². The minimum absolute atomic E-state index is 0.108. The Hall–Kier alpha value is -2.91. The molecule has 1 N–H and O–H groups in total. The van der Waals surface area contributed by atoms with Gasteiger partial charge in [0.15, 0.2) is 0 Å². The number of nitrogens with one attached hydrogen (secondary N) is 1. The van der Waals surface area contributed by atoms with Crippen LogP contribution in [0.5, 0.6) is 5.88 Å². The number of nitro groups is 1. The maximum atomic E-state index is 13.0. The van der Waals surface area contributed by atoms with Crippen molar-refractivity contribution in [3.05, 3.63) is 46.3 Å². The molecule has 0 aliphatic heterocycles. The Kier molecular flexibility index (Phi) is 4.63. The lowest BCUT2D eigenvalue weighted by Crippen LogP contribution is -2.10. The van der Waals surface area contributed by atoms with E-state index in [-0.39, 0.29) is 24.0 Å². The zero-order valence-corrected chi connectivity index (χ0v) is 11.8. The van der Waals surface area contributed by atoms with E-state index in [9.17, 15) is 23.3 Å². The van der Waals surface area contributed by atoms with E-state index in [1.165, 1.54) is 12.1 Å². The fraction of sp³-hybridized carbons (Fsp3) is 0.231. The van der Waals surface area contributed by atoms with Crippen molar-refractivity contribution < 1.29 is 22.8 Å². The number of ether oxygens (including phenoxy) is 1. The molecule has 7 nitrogen and oxygen atoms in total. The normalized spacial score (nSPS) is 11.1. The summed E-state index contributed by atoms with van der Waals surface area (Å²) < 4.78 is 44.0. The Balaban J connectivity index is 2.50. The molecule has 0 unspecified atom stereocenters. The number of hydrogen-bond donors (Lipinski definition) is 1. The van der Waals surface area contributed by atoms with Crippen molar-refractivity contribution in [1.82, 2.24) is 9.97 Å². The minimum Gasteiger partial charge on any atom is -0.473 e. The van der Waals surface area contributed by atoms with Gasteiger partial charge in [-0.25, -0.2) is 4.98 Å². The van der Waals surface area contributed by atoms with Gasteiger partial charge in [-0.2, -0.15) is 18.2 Å². The van der Waals surface area contributed by atoms with E-state index in [0.717, 1.165) is 18.5 Å². The maximum Gasteiger partial charge on any atom is 0.418 e. The molecule has 0 aliphatic carbocycles. The summed E-state index contributed by atoms with van der Waals surface area (Å²) in [7, 11) is 0. The maximum absolute atomic E-state index is 13.0. The van der Waals surface area contributed by atoms with E-state index in [1.54, 1.807) is 6.92 Å². The van der Waals surface area contributed by atoms with Crippen LogP contribution in [0, 0.1) is 10.1 Å². The summed E-state index contributed by atoms with van der Waals surface area (Å²) in [6.45, 7) is 1.70. The Morgan fingerprint density at radius 3 is 2.61 bits per heavy atom. The standard InChI is InChI=1S/C13H11F3N4O3/c1-2-23-12-10(20(21)22)11(17-7-18-12)19-9-6-4-3-5-8(9)13(14,15)16/h3-7H,2H2,1H3,(H,17,18,19). The molecule has 23 heavy (non-hydrogen) atoms. The van der Waals surface area contributed by atoms with Gasteiger partial charge < -0.3 is 10.1 Å². The van der Waals surface area contributed by atoms with Gasteiger partial charge in [0.05, 0.1) is 22.8 Å². The fourth-order valence-electron chi connectivity index (χ4n) is 1.83. The highest BCUT2D eigenvalue weighted by Gasteiger charge is 2.34. The summed E-state index contributed by atoms with van der Waals surface area (Å²) in [4.78, 5) is 17.6. The third-order valence-corrected chi connectivity index (χ3v) is 2.74. The molecule has 0 saturated heterocycles. The van der Waals surface area contributed by atoms with E-state index < -0.39 is 22.4 Å². The number of alkyl halides is 3. The Bertz CT molecular complexity index is 722. The Morgan fingerprint density at radius 1 is 1.30 bits per heavy atom. The molecule has 1 aromatic carbocycles. The van der Waals surface area contributed by atoms with Crippen LogP contribution in [0.1, 0.15) is 12.5 Å². The summed E-state index contributed by atoms with van der Waals surface area (Å²) >= 11 is 0. The zero-order chi connectivity index (χ0) is 17.0. The first-order valence-corrected chi connectivity index (χ1v) is 6.40. The van der Waals surface area contributed by atoms with Crippen LogP contribution in [0.15, 0.2) is 30.6 Å². The van der Waals surface area contributed by atoms with E-state index in [1.807, 2.05) is 0 Å². The molecule has 0 bridgehead atoms. The molecule has 0 aliphatic rings. The van der Waals surface area contributed by atoms with E-state index in [2.05, 4.69) is 15.3 Å². The average molecular weight is 328 g/mol. The van der Waals surface area contributed by atoms with Gasteiger partial charge in [0.25, 0.3) is 5.88 Å². The van der Waals surface area contributed by atoms with Crippen LogP contribution in [0.2, 0.25) is 0 Å². The van der Waals surface area contributed by atoms with Gasteiger partial charge in [0.1, 0.15) is 6.33 Å². The predicted octanol–water partition coefficient (Wildman–Crippen LogP) is 3.55. The predicted molar refractivity (Wildman–Crippen MR) is 74.6 cm³/mol. The molecule has 0 amide bonds. The molecule has 2 aromatic rings. The van der Waals surface area contributed by atoms with E-state index in [0.29, 0.717) is 0 Å². The second kappa shape index (κ2) is 6.46. The fourth-order valence-corrected chi connectivity index (χ4v) is 1.83. The molecule has 0 saturated carbocycles. The van der Waals surface area contributed by atoms with Gasteiger partial charge in [-0.15, -0.1) is 0 Å². The van der Waals surface area contributed by atoms with Gasteiger partial charge in [0.2, 0.25) is 5.82 Å². The van der Waals surface area contributed by atoms with Crippen LogP contribution in [0.4, 0.5) is 30.4 Å². The van der Waals surface area contributed by atoms with Crippen LogP contribution in [0.3, 0.4) is 0 Å². The largest absolute Gasteiger partial charge is 0.473 e. The van der Waals surface area contributed by atoms with Crippen LogP contribution in [0.25, 0.3) is 0 Å². The van der Waals surface area contributed by atoms with E-state index >= 15 is 0 Å². The van der Waals surface area contributed by atoms with Crippen LogP contribution in [-0.4, -0.2) is 21.5 Å². The van der Waals surface area contributed by atoms with Crippen molar-refractivity contribution in [2.75, 3.05) is 11.9 Å². The second-order valence-corrected chi connectivity index (χ2v) is 4.23. The highest BCUT2D eigenvalue weighted by atomic mass is 19.4. The molecule has 122 valence electrons. The topological polar surface area (TPSA) is 90.2 Å². The van der Waals surface area contributed by atoms with Crippen molar-refractivity contribution >= 4 is 17.2 Å². The van der Waals surface area contributed by atoms with Gasteiger partial charge >= 0.3 is 11.9 Å². The molecule has 0 fully saturated rings. The number of rotatable bonds is 5. The third kappa shape index (κ3) is 3.65. The number of nitrogens with zero attached hydrogens (tertiary/aromatic N) is 3. The first-order chi connectivity index (χ1) is 10.8. The lowest BCUT2D eigenvalue weighted by molar-refractivity contribution is -0.385.